The Kier molecular flexibility index (Phi) is 1.58. The maximum absolute atomic E-state index is 4.19. The van der Waals surface area contributed by atoms with E-state index in [9.17, 15) is 0 Å². The molecule has 44 valence electrons. The summed E-state index contributed by atoms with van der Waals surface area (Å²) < 4.78 is 0. The number of hydrogen-bond donors (Lipinski definition) is 2. The Morgan fingerprint density at radius 1 is 1.88 bits per heavy atom. The van der Waals surface area contributed by atoms with E-state index in [4.69, 9.17) is 0 Å². The largest absolute Gasteiger partial charge is 0.285 e. The third-order valence-electron chi connectivity index (χ3n) is 1.00. The van der Waals surface area contributed by atoms with Crippen LogP contribution in [0.2, 0.25) is 0 Å². The fourth-order valence-corrected chi connectivity index (χ4v) is 0.631. The Morgan fingerprint density at radius 2 is 2.62 bits per heavy atom. The third kappa shape index (κ3) is 1.04. The quantitative estimate of drug-likeness (QED) is 0.550. The highest BCUT2D eigenvalue weighted by atomic mass is 32.1. The highest BCUT2D eigenvalue weighted by molar-refractivity contribution is 7.80. The first kappa shape index (κ1) is 5.69. The standard InChI is InChI=1S/C5H8N2S/c1-4(8)5-2-6-7-3-5/h2-4,8H,1H3,(H,6,7). The molecule has 0 aliphatic rings. The zero-order chi connectivity index (χ0) is 5.98. The average molecular weight is 128 g/mol. The Bertz CT molecular complexity index is 145. The average Bonchev–Trinajstić information content (AvgIpc) is 2.12. The molecule has 0 saturated heterocycles. The Morgan fingerprint density at radius 3 is 2.88 bits per heavy atom. The van der Waals surface area contributed by atoms with Gasteiger partial charge < -0.3 is 0 Å². The number of thiol groups is 1. The third-order valence-corrected chi connectivity index (χ3v) is 1.30. The minimum Gasteiger partial charge on any atom is -0.285 e. The topological polar surface area (TPSA) is 28.7 Å². The van der Waals surface area contributed by atoms with Crippen molar-refractivity contribution in [2.45, 2.75) is 12.2 Å². The molecule has 0 saturated carbocycles. The van der Waals surface area contributed by atoms with Crippen LogP contribution in [0.3, 0.4) is 0 Å². The van der Waals surface area contributed by atoms with Gasteiger partial charge in [-0.05, 0) is 6.92 Å². The van der Waals surface area contributed by atoms with E-state index in [0.29, 0.717) is 0 Å². The summed E-state index contributed by atoms with van der Waals surface area (Å²) in [6.45, 7) is 2.01. The molecule has 0 amide bonds. The maximum Gasteiger partial charge on any atom is 0.0530 e. The Hall–Kier alpha value is -0.440. The molecule has 0 aliphatic heterocycles. The second kappa shape index (κ2) is 2.22. The van der Waals surface area contributed by atoms with Gasteiger partial charge >= 0.3 is 0 Å². The number of rotatable bonds is 1. The summed E-state index contributed by atoms with van der Waals surface area (Å²) in [4.78, 5) is 0. The molecule has 3 heteroatoms. The molecule has 1 aromatic heterocycles. The van der Waals surface area contributed by atoms with Gasteiger partial charge in [0.1, 0.15) is 0 Å². The van der Waals surface area contributed by atoms with E-state index in [0.717, 1.165) is 5.56 Å². The van der Waals surface area contributed by atoms with Crippen molar-refractivity contribution >= 4 is 12.6 Å². The normalized spacial score (nSPS) is 13.8. The van der Waals surface area contributed by atoms with Gasteiger partial charge in [-0.25, -0.2) is 0 Å². The molecule has 0 aliphatic carbocycles. The van der Waals surface area contributed by atoms with Gasteiger partial charge in [-0.2, -0.15) is 17.7 Å². The van der Waals surface area contributed by atoms with Crippen LogP contribution in [0.25, 0.3) is 0 Å². The molecule has 1 atom stereocenters. The number of aromatic nitrogens is 2. The van der Waals surface area contributed by atoms with Gasteiger partial charge in [-0.3, -0.25) is 5.10 Å². The van der Waals surface area contributed by atoms with E-state index in [-0.39, 0.29) is 5.25 Å². The van der Waals surface area contributed by atoms with Gasteiger partial charge in [0.2, 0.25) is 0 Å². The minimum atomic E-state index is 0.286. The van der Waals surface area contributed by atoms with E-state index in [1.807, 2.05) is 13.1 Å². The number of nitrogens with one attached hydrogen (secondary N) is 1. The van der Waals surface area contributed by atoms with Crippen LogP contribution in [-0.2, 0) is 0 Å². The van der Waals surface area contributed by atoms with Crippen molar-refractivity contribution in [3.05, 3.63) is 18.0 Å². The molecule has 0 aromatic carbocycles. The SMILES string of the molecule is CC(S)c1cn[nH]c1. The smallest absolute Gasteiger partial charge is 0.0530 e. The van der Waals surface area contributed by atoms with Crippen LogP contribution in [0.15, 0.2) is 12.4 Å². The van der Waals surface area contributed by atoms with Gasteiger partial charge in [-0.1, -0.05) is 0 Å². The van der Waals surface area contributed by atoms with Crippen molar-refractivity contribution < 1.29 is 0 Å². The molecule has 1 unspecified atom stereocenters. The van der Waals surface area contributed by atoms with Gasteiger partial charge in [0.05, 0.1) is 6.20 Å². The fraction of sp³-hybridized carbons (Fsp3) is 0.400. The van der Waals surface area contributed by atoms with E-state index >= 15 is 0 Å². The van der Waals surface area contributed by atoms with Crippen molar-refractivity contribution in [3.63, 3.8) is 0 Å². The molecular weight excluding hydrogens is 120 g/mol. The van der Waals surface area contributed by atoms with E-state index in [1.165, 1.54) is 0 Å². The summed E-state index contributed by atoms with van der Waals surface area (Å²) >= 11 is 4.19. The molecule has 0 fully saturated rings. The van der Waals surface area contributed by atoms with Gasteiger partial charge in [0.25, 0.3) is 0 Å². The molecule has 1 heterocycles. The number of aromatic amines is 1. The molecule has 0 bridgehead atoms. The second-order valence-corrected chi connectivity index (χ2v) is 2.48. The van der Waals surface area contributed by atoms with Crippen molar-refractivity contribution in [2.75, 3.05) is 0 Å². The second-order valence-electron chi connectivity index (χ2n) is 1.71. The lowest BCUT2D eigenvalue weighted by Crippen LogP contribution is -1.76. The number of hydrogen-bond acceptors (Lipinski definition) is 2. The Balaban J connectivity index is 2.77. The van der Waals surface area contributed by atoms with Gasteiger partial charge in [-0.15, -0.1) is 0 Å². The predicted octanol–water partition coefficient (Wildman–Crippen LogP) is 1.40. The first-order valence-electron chi connectivity index (χ1n) is 2.47. The predicted molar refractivity (Wildman–Crippen MR) is 36.0 cm³/mol. The molecule has 8 heavy (non-hydrogen) atoms. The van der Waals surface area contributed by atoms with Crippen LogP contribution in [0, 0.1) is 0 Å². The van der Waals surface area contributed by atoms with E-state index < -0.39 is 0 Å². The van der Waals surface area contributed by atoms with Crippen LogP contribution in [0.4, 0.5) is 0 Å². The lowest BCUT2D eigenvalue weighted by Gasteiger charge is -1.93. The molecule has 1 aromatic rings. The van der Waals surface area contributed by atoms with Crippen molar-refractivity contribution in [1.29, 1.82) is 0 Å². The summed E-state index contributed by atoms with van der Waals surface area (Å²) in [5.41, 5.74) is 1.13. The maximum atomic E-state index is 4.19. The van der Waals surface area contributed by atoms with Crippen LogP contribution in [-0.4, -0.2) is 10.2 Å². The minimum absolute atomic E-state index is 0.286. The first-order chi connectivity index (χ1) is 3.80. The van der Waals surface area contributed by atoms with Crippen molar-refractivity contribution in [1.82, 2.24) is 10.2 Å². The lowest BCUT2D eigenvalue weighted by atomic mass is 10.3. The summed E-state index contributed by atoms with van der Waals surface area (Å²) in [5, 5.41) is 6.77. The van der Waals surface area contributed by atoms with Crippen LogP contribution < -0.4 is 0 Å². The van der Waals surface area contributed by atoms with Crippen LogP contribution in [0.1, 0.15) is 17.7 Å². The number of H-pyrrole nitrogens is 1. The van der Waals surface area contributed by atoms with Crippen molar-refractivity contribution in [2.24, 2.45) is 0 Å². The number of nitrogens with zero attached hydrogens (tertiary/aromatic N) is 1. The Labute approximate surface area is 53.7 Å². The lowest BCUT2D eigenvalue weighted by molar-refractivity contribution is 1.09. The molecule has 0 spiro atoms. The van der Waals surface area contributed by atoms with E-state index in [1.54, 1.807) is 6.20 Å². The summed E-state index contributed by atoms with van der Waals surface area (Å²) in [6, 6.07) is 0. The molecule has 0 radical (unpaired) electrons. The highest BCUT2D eigenvalue weighted by Gasteiger charge is 1.97. The molecular formula is C5H8N2S. The van der Waals surface area contributed by atoms with E-state index in [2.05, 4.69) is 22.8 Å². The summed E-state index contributed by atoms with van der Waals surface area (Å²) in [7, 11) is 0. The van der Waals surface area contributed by atoms with Crippen LogP contribution >= 0.6 is 12.6 Å². The van der Waals surface area contributed by atoms with Gasteiger partial charge in [0, 0.05) is 17.0 Å². The van der Waals surface area contributed by atoms with Crippen molar-refractivity contribution in [3.8, 4) is 0 Å². The van der Waals surface area contributed by atoms with Crippen LogP contribution in [0.5, 0.6) is 0 Å². The zero-order valence-electron chi connectivity index (χ0n) is 4.63. The first-order valence-corrected chi connectivity index (χ1v) is 2.99. The molecule has 1 N–H and O–H groups in total. The highest BCUT2D eigenvalue weighted by Crippen LogP contribution is 2.15. The summed E-state index contributed by atoms with van der Waals surface area (Å²) in [5.74, 6) is 0. The molecule has 1 rings (SSSR count). The zero-order valence-corrected chi connectivity index (χ0v) is 5.52. The van der Waals surface area contributed by atoms with Gasteiger partial charge in [0.15, 0.2) is 0 Å². The molecule has 2 nitrogen and oxygen atoms in total. The fourth-order valence-electron chi connectivity index (χ4n) is 0.489. The monoisotopic (exact) mass is 128 g/mol. The summed E-state index contributed by atoms with van der Waals surface area (Å²) in [6.07, 6.45) is 3.62.